The van der Waals surface area contributed by atoms with Gasteiger partial charge in [-0.1, -0.05) is 22.0 Å². The van der Waals surface area contributed by atoms with Crippen LogP contribution in [0.2, 0.25) is 0 Å². The summed E-state index contributed by atoms with van der Waals surface area (Å²) in [5.41, 5.74) is 3.88. The van der Waals surface area contributed by atoms with E-state index < -0.39 is 0 Å². The van der Waals surface area contributed by atoms with Crippen LogP contribution < -0.4 is 5.43 Å². The van der Waals surface area contributed by atoms with Crippen molar-refractivity contribution < 1.29 is 15.0 Å². The fraction of sp³-hybridized carbons (Fsp3) is 0.0667. The molecule has 0 saturated heterocycles. The standard InChI is InChI=1S/C15H13BrN2O3/c1-9(11-6-13(19)8-14(20)7-11)17-18-15(21)10-3-2-4-12(16)5-10/h2-8,19-20H,1H3,(H,18,21)/b17-9+. The zero-order valence-corrected chi connectivity index (χ0v) is 12.8. The maximum Gasteiger partial charge on any atom is 0.271 e. The van der Waals surface area contributed by atoms with E-state index >= 15 is 0 Å². The first-order chi connectivity index (χ1) is 9.95. The van der Waals surface area contributed by atoms with E-state index in [1.165, 1.54) is 18.2 Å². The van der Waals surface area contributed by atoms with Crippen molar-refractivity contribution in [3.8, 4) is 11.5 Å². The van der Waals surface area contributed by atoms with Gasteiger partial charge in [0.25, 0.3) is 5.91 Å². The number of carbonyl (C=O) groups excluding carboxylic acids is 1. The van der Waals surface area contributed by atoms with Gasteiger partial charge in [-0.25, -0.2) is 5.43 Å². The van der Waals surface area contributed by atoms with Gasteiger partial charge in [0.1, 0.15) is 11.5 Å². The number of carbonyl (C=O) groups is 1. The molecule has 108 valence electrons. The van der Waals surface area contributed by atoms with Gasteiger partial charge in [0.2, 0.25) is 0 Å². The third-order valence-corrected chi connectivity index (χ3v) is 3.23. The van der Waals surface area contributed by atoms with Crippen molar-refractivity contribution in [3.05, 3.63) is 58.1 Å². The molecule has 2 aromatic rings. The molecule has 0 unspecified atom stereocenters. The van der Waals surface area contributed by atoms with Gasteiger partial charge in [-0.15, -0.1) is 0 Å². The second-order valence-electron chi connectivity index (χ2n) is 4.39. The minimum Gasteiger partial charge on any atom is -0.508 e. The predicted octanol–water partition coefficient (Wildman–Crippen LogP) is 3.01. The molecule has 21 heavy (non-hydrogen) atoms. The number of benzene rings is 2. The Balaban J connectivity index is 2.14. The quantitative estimate of drug-likeness (QED) is 0.589. The van der Waals surface area contributed by atoms with Crippen molar-refractivity contribution in [1.29, 1.82) is 0 Å². The Labute approximate surface area is 130 Å². The molecular formula is C15H13BrN2O3. The largest absolute Gasteiger partial charge is 0.508 e. The first-order valence-electron chi connectivity index (χ1n) is 6.09. The molecule has 0 saturated carbocycles. The summed E-state index contributed by atoms with van der Waals surface area (Å²) in [7, 11) is 0. The van der Waals surface area contributed by atoms with E-state index in [1.54, 1.807) is 25.1 Å². The number of halogens is 1. The average Bonchev–Trinajstić information content (AvgIpc) is 2.43. The highest BCUT2D eigenvalue weighted by atomic mass is 79.9. The van der Waals surface area contributed by atoms with Crippen molar-refractivity contribution in [3.63, 3.8) is 0 Å². The molecule has 0 radical (unpaired) electrons. The Bertz CT molecular complexity index is 694. The van der Waals surface area contributed by atoms with E-state index in [0.717, 1.165) is 4.47 Å². The average molecular weight is 349 g/mol. The fourth-order valence-corrected chi connectivity index (χ4v) is 2.10. The number of nitrogens with one attached hydrogen (secondary N) is 1. The lowest BCUT2D eigenvalue weighted by Crippen LogP contribution is -2.19. The molecule has 0 heterocycles. The predicted molar refractivity (Wildman–Crippen MR) is 83.6 cm³/mol. The lowest BCUT2D eigenvalue weighted by atomic mass is 10.1. The number of phenols is 2. The topological polar surface area (TPSA) is 81.9 Å². The van der Waals surface area contributed by atoms with E-state index in [9.17, 15) is 15.0 Å². The van der Waals surface area contributed by atoms with Crippen LogP contribution in [0.4, 0.5) is 0 Å². The molecule has 0 fully saturated rings. The molecule has 0 atom stereocenters. The zero-order chi connectivity index (χ0) is 15.4. The SMILES string of the molecule is C/C(=N\NC(=O)c1cccc(Br)c1)c1cc(O)cc(O)c1. The van der Waals surface area contributed by atoms with Gasteiger partial charge in [0.15, 0.2) is 0 Å². The number of rotatable bonds is 3. The van der Waals surface area contributed by atoms with E-state index in [4.69, 9.17) is 0 Å². The number of aromatic hydroxyl groups is 2. The summed E-state index contributed by atoms with van der Waals surface area (Å²) in [6.45, 7) is 1.66. The van der Waals surface area contributed by atoms with Gasteiger partial charge in [-0.2, -0.15) is 5.10 Å². The van der Waals surface area contributed by atoms with Crippen molar-refractivity contribution in [1.82, 2.24) is 5.43 Å². The number of hydrogen-bond acceptors (Lipinski definition) is 4. The number of nitrogens with zero attached hydrogens (tertiary/aromatic N) is 1. The second-order valence-corrected chi connectivity index (χ2v) is 5.30. The van der Waals surface area contributed by atoms with Crippen LogP contribution in [0.5, 0.6) is 11.5 Å². The monoisotopic (exact) mass is 348 g/mol. The van der Waals surface area contributed by atoms with Gasteiger partial charge in [0, 0.05) is 21.7 Å². The van der Waals surface area contributed by atoms with E-state index in [0.29, 0.717) is 16.8 Å². The van der Waals surface area contributed by atoms with Crippen molar-refractivity contribution in [2.24, 2.45) is 5.10 Å². The summed E-state index contributed by atoms with van der Waals surface area (Å²) < 4.78 is 0.800. The van der Waals surface area contributed by atoms with E-state index in [2.05, 4.69) is 26.5 Å². The van der Waals surface area contributed by atoms with Crippen LogP contribution in [-0.2, 0) is 0 Å². The summed E-state index contributed by atoms with van der Waals surface area (Å²) >= 11 is 3.29. The number of amides is 1. The molecule has 0 spiro atoms. The number of hydrazone groups is 1. The molecule has 0 aromatic heterocycles. The summed E-state index contributed by atoms with van der Waals surface area (Å²) in [5, 5.41) is 22.8. The van der Waals surface area contributed by atoms with Crippen LogP contribution >= 0.6 is 15.9 Å². The third-order valence-electron chi connectivity index (χ3n) is 2.73. The van der Waals surface area contributed by atoms with Gasteiger partial charge >= 0.3 is 0 Å². The van der Waals surface area contributed by atoms with Gasteiger partial charge < -0.3 is 10.2 Å². The van der Waals surface area contributed by atoms with Crippen molar-refractivity contribution >= 4 is 27.5 Å². The number of phenolic OH excluding ortho intramolecular Hbond substituents is 2. The Morgan fingerprint density at radius 1 is 1.10 bits per heavy atom. The highest BCUT2D eigenvalue weighted by molar-refractivity contribution is 9.10. The summed E-state index contributed by atoms with van der Waals surface area (Å²) in [5.74, 6) is -0.490. The molecule has 3 N–H and O–H groups in total. The minimum absolute atomic E-state index is 0.0714. The fourth-order valence-electron chi connectivity index (χ4n) is 1.70. The van der Waals surface area contributed by atoms with Crippen LogP contribution in [0.3, 0.4) is 0 Å². The maximum atomic E-state index is 11.9. The molecule has 5 nitrogen and oxygen atoms in total. The zero-order valence-electron chi connectivity index (χ0n) is 11.2. The number of hydrogen-bond donors (Lipinski definition) is 3. The molecule has 2 aromatic carbocycles. The smallest absolute Gasteiger partial charge is 0.271 e. The van der Waals surface area contributed by atoms with Gasteiger partial charge in [-0.05, 0) is 37.3 Å². The van der Waals surface area contributed by atoms with Gasteiger partial charge in [0.05, 0.1) is 5.71 Å². The maximum absolute atomic E-state index is 11.9. The van der Waals surface area contributed by atoms with Crippen molar-refractivity contribution in [2.45, 2.75) is 6.92 Å². The van der Waals surface area contributed by atoms with Crippen molar-refractivity contribution in [2.75, 3.05) is 0 Å². The first kappa shape index (κ1) is 15.1. The highest BCUT2D eigenvalue weighted by Crippen LogP contribution is 2.20. The first-order valence-corrected chi connectivity index (χ1v) is 6.88. The summed E-state index contributed by atoms with van der Waals surface area (Å²) in [4.78, 5) is 11.9. The molecule has 0 bridgehead atoms. The highest BCUT2D eigenvalue weighted by Gasteiger charge is 2.06. The molecule has 0 aliphatic carbocycles. The normalized spacial score (nSPS) is 11.2. The second kappa shape index (κ2) is 6.41. The van der Waals surface area contributed by atoms with Crippen LogP contribution in [0.15, 0.2) is 52.0 Å². The summed E-state index contributed by atoms with van der Waals surface area (Å²) in [6, 6.07) is 11.0. The third kappa shape index (κ3) is 4.06. The van der Waals surface area contributed by atoms with Crippen LogP contribution in [-0.4, -0.2) is 21.8 Å². The minimum atomic E-state index is -0.347. The van der Waals surface area contributed by atoms with Crippen LogP contribution in [0.1, 0.15) is 22.8 Å². The Morgan fingerprint density at radius 3 is 2.38 bits per heavy atom. The Hall–Kier alpha value is -2.34. The van der Waals surface area contributed by atoms with Gasteiger partial charge in [-0.3, -0.25) is 4.79 Å². The Morgan fingerprint density at radius 2 is 1.76 bits per heavy atom. The molecule has 0 aliphatic heterocycles. The van der Waals surface area contributed by atoms with E-state index in [1.807, 2.05) is 6.07 Å². The molecule has 6 heteroatoms. The van der Waals surface area contributed by atoms with Crippen LogP contribution in [0.25, 0.3) is 0 Å². The molecule has 0 aliphatic rings. The molecule has 2 rings (SSSR count). The summed E-state index contributed by atoms with van der Waals surface area (Å²) in [6.07, 6.45) is 0. The lowest BCUT2D eigenvalue weighted by Gasteiger charge is -2.05. The Kier molecular flexibility index (Phi) is 4.59. The molecule has 1 amide bonds. The lowest BCUT2D eigenvalue weighted by molar-refractivity contribution is 0.0955. The van der Waals surface area contributed by atoms with E-state index in [-0.39, 0.29) is 17.4 Å². The molecular weight excluding hydrogens is 336 g/mol. The van der Waals surface area contributed by atoms with Crippen LogP contribution in [0, 0.1) is 0 Å².